The van der Waals surface area contributed by atoms with Gasteiger partial charge in [-0.2, -0.15) is 5.10 Å². The van der Waals surface area contributed by atoms with E-state index in [-0.39, 0.29) is 23.4 Å². The molecule has 1 atom stereocenters. The van der Waals surface area contributed by atoms with Gasteiger partial charge in [-0.25, -0.2) is 4.68 Å². The maximum absolute atomic E-state index is 11.2. The van der Waals surface area contributed by atoms with Gasteiger partial charge in [-0.15, -0.1) is 0 Å². The Morgan fingerprint density at radius 1 is 1.32 bits per heavy atom. The number of aryl methyl sites for hydroxylation is 1. The van der Waals surface area contributed by atoms with E-state index in [1.807, 2.05) is 12.1 Å². The second kappa shape index (κ2) is 6.03. The van der Waals surface area contributed by atoms with Crippen molar-refractivity contribution in [3.63, 3.8) is 0 Å². The molecule has 1 unspecified atom stereocenters. The first kappa shape index (κ1) is 15.9. The van der Waals surface area contributed by atoms with Crippen LogP contribution < -0.4 is 9.47 Å². The van der Waals surface area contributed by atoms with Gasteiger partial charge >= 0.3 is 5.69 Å². The highest BCUT2D eigenvalue weighted by Crippen LogP contribution is 2.39. The van der Waals surface area contributed by atoms with Gasteiger partial charge in [0.25, 0.3) is 0 Å². The van der Waals surface area contributed by atoms with Gasteiger partial charge in [0.2, 0.25) is 6.79 Å². The molecule has 2 aromatic rings. The van der Waals surface area contributed by atoms with Gasteiger partial charge < -0.3 is 9.47 Å². The molecule has 8 heteroatoms. The highest BCUT2D eigenvalue weighted by atomic mass is 16.7. The molecule has 3 heterocycles. The number of hydrogen-bond acceptors (Lipinski definition) is 6. The molecule has 4 rings (SSSR count). The number of nitro groups is 1. The summed E-state index contributed by atoms with van der Waals surface area (Å²) in [5.74, 6) is 1.56. The standard InChI is InChI=1S/C17H20N4O4/c1-11-17(21(22)23)12(2)20(18-11)9-19-7-3-4-14(19)13-5-6-15-16(8-13)25-10-24-15/h5-6,8,14H,3-4,7,9-10H2,1-2H3. The summed E-state index contributed by atoms with van der Waals surface area (Å²) in [7, 11) is 0. The summed E-state index contributed by atoms with van der Waals surface area (Å²) in [5, 5.41) is 15.6. The fraction of sp³-hybridized carbons (Fsp3) is 0.471. The lowest BCUT2D eigenvalue weighted by Crippen LogP contribution is -2.27. The molecule has 0 spiro atoms. The van der Waals surface area contributed by atoms with Crippen LogP contribution in [-0.2, 0) is 6.67 Å². The van der Waals surface area contributed by atoms with Crippen molar-refractivity contribution in [1.82, 2.24) is 14.7 Å². The van der Waals surface area contributed by atoms with Crippen molar-refractivity contribution < 1.29 is 14.4 Å². The first-order valence-electron chi connectivity index (χ1n) is 8.36. The molecule has 2 aliphatic rings. The van der Waals surface area contributed by atoms with Crippen molar-refractivity contribution in [2.45, 2.75) is 39.4 Å². The van der Waals surface area contributed by atoms with Gasteiger partial charge in [0.05, 0.1) is 11.6 Å². The largest absolute Gasteiger partial charge is 0.454 e. The average Bonchev–Trinajstić information content (AvgIpc) is 3.26. The van der Waals surface area contributed by atoms with E-state index in [1.165, 1.54) is 5.56 Å². The summed E-state index contributed by atoms with van der Waals surface area (Å²) >= 11 is 0. The first-order chi connectivity index (χ1) is 12.0. The summed E-state index contributed by atoms with van der Waals surface area (Å²) in [6, 6.07) is 6.30. The third-order valence-corrected chi connectivity index (χ3v) is 4.99. The molecule has 8 nitrogen and oxygen atoms in total. The van der Waals surface area contributed by atoms with Crippen LogP contribution in [0.2, 0.25) is 0 Å². The van der Waals surface area contributed by atoms with Crippen molar-refractivity contribution in [1.29, 1.82) is 0 Å². The number of ether oxygens (including phenoxy) is 2. The van der Waals surface area contributed by atoms with Gasteiger partial charge in [0.1, 0.15) is 11.4 Å². The Morgan fingerprint density at radius 3 is 2.88 bits per heavy atom. The maximum Gasteiger partial charge on any atom is 0.312 e. The van der Waals surface area contributed by atoms with Gasteiger partial charge in [-0.05, 0) is 44.4 Å². The Labute approximate surface area is 145 Å². The van der Waals surface area contributed by atoms with Crippen molar-refractivity contribution in [2.75, 3.05) is 13.3 Å². The summed E-state index contributed by atoms with van der Waals surface area (Å²) in [6.07, 6.45) is 2.13. The van der Waals surface area contributed by atoms with Crippen molar-refractivity contribution >= 4 is 5.69 Å². The smallest absolute Gasteiger partial charge is 0.312 e. The van der Waals surface area contributed by atoms with Gasteiger partial charge in [0, 0.05) is 12.6 Å². The molecule has 2 aliphatic heterocycles. The predicted molar refractivity (Wildman–Crippen MR) is 89.6 cm³/mol. The maximum atomic E-state index is 11.2. The van der Waals surface area contributed by atoms with Crippen LogP contribution in [0, 0.1) is 24.0 Å². The number of likely N-dealkylation sites (tertiary alicyclic amines) is 1. The number of rotatable bonds is 4. The molecule has 25 heavy (non-hydrogen) atoms. The quantitative estimate of drug-likeness (QED) is 0.626. The zero-order valence-corrected chi connectivity index (χ0v) is 14.3. The Kier molecular flexibility index (Phi) is 3.84. The second-order valence-electron chi connectivity index (χ2n) is 6.50. The molecule has 1 aromatic heterocycles. The van der Waals surface area contributed by atoms with Crippen LogP contribution in [0.25, 0.3) is 0 Å². The lowest BCUT2D eigenvalue weighted by atomic mass is 10.0. The molecule has 0 saturated carbocycles. The molecule has 0 aliphatic carbocycles. The van der Waals surface area contributed by atoms with E-state index in [0.717, 1.165) is 30.9 Å². The number of nitrogens with zero attached hydrogens (tertiary/aromatic N) is 4. The number of aromatic nitrogens is 2. The highest BCUT2D eigenvalue weighted by molar-refractivity contribution is 5.45. The first-order valence-corrected chi connectivity index (χ1v) is 8.36. The summed E-state index contributed by atoms with van der Waals surface area (Å²) in [4.78, 5) is 13.2. The summed E-state index contributed by atoms with van der Waals surface area (Å²) in [5.41, 5.74) is 2.34. The third-order valence-electron chi connectivity index (χ3n) is 4.99. The molecule has 0 bridgehead atoms. The molecule has 1 fully saturated rings. The summed E-state index contributed by atoms with van der Waals surface area (Å²) < 4.78 is 12.6. The fourth-order valence-corrected chi connectivity index (χ4v) is 3.75. The van der Waals surface area contributed by atoms with Crippen LogP contribution in [0.15, 0.2) is 18.2 Å². The van der Waals surface area contributed by atoms with Crippen LogP contribution in [0.5, 0.6) is 11.5 Å². The minimum atomic E-state index is -0.354. The lowest BCUT2D eigenvalue weighted by Gasteiger charge is -2.25. The predicted octanol–water partition coefficient (Wildman–Crippen LogP) is 2.93. The zero-order valence-electron chi connectivity index (χ0n) is 14.3. The Hall–Kier alpha value is -2.61. The fourth-order valence-electron chi connectivity index (χ4n) is 3.75. The van der Waals surface area contributed by atoms with E-state index in [1.54, 1.807) is 18.5 Å². The van der Waals surface area contributed by atoms with Crippen molar-refractivity contribution in [3.05, 3.63) is 45.3 Å². The van der Waals surface area contributed by atoms with Gasteiger partial charge in [0.15, 0.2) is 11.5 Å². The highest BCUT2D eigenvalue weighted by Gasteiger charge is 2.30. The number of hydrogen-bond donors (Lipinski definition) is 0. The average molecular weight is 344 g/mol. The molecule has 0 amide bonds. The van der Waals surface area contributed by atoms with E-state index < -0.39 is 0 Å². The molecular weight excluding hydrogens is 324 g/mol. The molecule has 0 radical (unpaired) electrons. The molecule has 0 N–H and O–H groups in total. The van der Waals surface area contributed by atoms with Crippen LogP contribution >= 0.6 is 0 Å². The van der Waals surface area contributed by atoms with Crippen LogP contribution in [-0.4, -0.2) is 32.9 Å². The van der Waals surface area contributed by atoms with Crippen LogP contribution in [0.4, 0.5) is 5.69 Å². The van der Waals surface area contributed by atoms with Crippen LogP contribution in [0.1, 0.15) is 35.8 Å². The van der Waals surface area contributed by atoms with Gasteiger partial charge in [-0.3, -0.25) is 15.0 Å². The SMILES string of the molecule is Cc1nn(CN2CCCC2c2ccc3c(c2)OCO3)c(C)c1[N+](=O)[O-]. The molecule has 132 valence electrons. The monoisotopic (exact) mass is 344 g/mol. The lowest BCUT2D eigenvalue weighted by molar-refractivity contribution is -0.386. The van der Waals surface area contributed by atoms with E-state index in [4.69, 9.17) is 9.47 Å². The topological polar surface area (TPSA) is 82.7 Å². The minimum Gasteiger partial charge on any atom is -0.454 e. The number of fused-ring (bicyclic) bond motifs is 1. The normalized spacial score (nSPS) is 19.5. The molecule has 1 aromatic carbocycles. The van der Waals surface area contributed by atoms with Gasteiger partial charge in [-0.1, -0.05) is 6.07 Å². The second-order valence-corrected chi connectivity index (χ2v) is 6.50. The Bertz CT molecular complexity index is 832. The zero-order chi connectivity index (χ0) is 17.6. The number of benzene rings is 1. The van der Waals surface area contributed by atoms with E-state index in [0.29, 0.717) is 18.1 Å². The van der Waals surface area contributed by atoms with Crippen LogP contribution in [0.3, 0.4) is 0 Å². The van der Waals surface area contributed by atoms with E-state index in [2.05, 4.69) is 16.1 Å². The Morgan fingerprint density at radius 2 is 2.12 bits per heavy atom. The Balaban J connectivity index is 1.58. The summed E-state index contributed by atoms with van der Waals surface area (Å²) in [6.45, 7) is 5.18. The van der Waals surface area contributed by atoms with E-state index >= 15 is 0 Å². The molecular formula is C17H20N4O4. The minimum absolute atomic E-state index is 0.110. The van der Waals surface area contributed by atoms with Crippen molar-refractivity contribution in [2.24, 2.45) is 0 Å². The molecule has 1 saturated heterocycles. The van der Waals surface area contributed by atoms with E-state index in [9.17, 15) is 10.1 Å². The van der Waals surface area contributed by atoms with Crippen molar-refractivity contribution in [3.8, 4) is 11.5 Å². The third kappa shape index (κ3) is 2.72.